The second-order valence-electron chi connectivity index (χ2n) is 22.2. The number of Topliss-reactive ketones (excluding diaryl/α,β-unsaturated/α-hetero) is 5. The van der Waals surface area contributed by atoms with E-state index in [2.05, 4.69) is 22.9 Å². The molecule has 0 bridgehead atoms. The molecule has 0 aliphatic rings. The molecule has 0 aromatic rings. The first-order valence-corrected chi connectivity index (χ1v) is 29.5. The molecule has 0 aliphatic carbocycles. The Kier molecular flexibility index (Phi) is 42.0. The minimum absolute atomic E-state index is 0.00159. The molecule has 0 saturated carbocycles. The van der Waals surface area contributed by atoms with Crippen molar-refractivity contribution in [2.75, 3.05) is 33.0 Å². The van der Waals surface area contributed by atoms with Crippen LogP contribution in [0.15, 0.2) is 0 Å². The summed E-state index contributed by atoms with van der Waals surface area (Å²) in [6, 6.07) is -3.62. The van der Waals surface area contributed by atoms with Crippen LogP contribution in [-0.2, 0) is 62.2 Å². The van der Waals surface area contributed by atoms with Crippen molar-refractivity contribution in [3.05, 3.63) is 0 Å². The van der Waals surface area contributed by atoms with Crippen LogP contribution in [0.3, 0.4) is 0 Å². The van der Waals surface area contributed by atoms with E-state index >= 15 is 0 Å². The quantitative estimate of drug-likeness (QED) is 0.0293. The molecule has 0 unspecified atom stereocenters. The molecule has 79 heavy (non-hydrogen) atoms. The molecule has 7 atom stereocenters. The number of aliphatic carboxylic acids is 2. The van der Waals surface area contributed by atoms with Crippen LogP contribution in [0.25, 0.3) is 0 Å². The number of nitrogens with two attached hydrogens (primary N) is 1. The number of amides is 4. The van der Waals surface area contributed by atoms with Crippen LogP contribution in [0.4, 0.5) is 0 Å². The van der Waals surface area contributed by atoms with Gasteiger partial charge in [-0.25, -0.2) is 0 Å². The van der Waals surface area contributed by atoms with Gasteiger partial charge in [0.05, 0.1) is 44.6 Å². The largest absolute Gasteiger partial charge is 0.481 e. The highest BCUT2D eigenvalue weighted by molar-refractivity contribution is 5.97. The van der Waals surface area contributed by atoms with Crippen LogP contribution >= 0.6 is 0 Å². The van der Waals surface area contributed by atoms with Crippen LogP contribution < -0.4 is 21.7 Å². The lowest BCUT2D eigenvalue weighted by Crippen LogP contribution is -2.49. The Morgan fingerprint density at radius 3 is 1.52 bits per heavy atom. The lowest BCUT2D eigenvalue weighted by molar-refractivity contribution is -0.140. The summed E-state index contributed by atoms with van der Waals surface area (Å²) in [6.45, 7) is 12.7. The molecular weight excluding hydrogens is 1020 g/mol. The SMILES string of the molecule is CCCCCCCCCCCCCCCC(=O)C[C@H](C(=O)N[C@H](C(=O)C[C@@H](C)C(=O)N[C@@H](C)C(=O)C[C@@H](CCC(=O)O)C(=O)N[C@@H](CCC(=O)O)C(=O)C[C@@H](CCCCCC(=O)COCCOCCO)C(N)=O)C(C)C)C(C)C. The van der Waals surface area contributed by atoms with Crippen molar-refractivity contribution in [3.8, 4) is 0 Å². The number of carboxylic acid groups (broad SMARTS) is 2. The maximum Gasteiger partial charge on any atom is 0.303 e. The first-order valence-electron chi connectivity index (χ1n) is 29.5. The molecule has 0 fully saturated rings. The maximum atomic E-state index is 13.8. The van der Waals surface area contributed by atoms with Gasteiger partial charge in [0.25, 0.3) is 0 Å². The zero-order chi connectivity index (χ0) is 59.7. The van der Waals surface area contributed by atoms with E-state index in [0.29, 0.717) is 25.7 Å². The van der Waals surface area contributed by atoms with Gasteiger partial charge in [-0.1, -0.05) is 131 Å². The molecule has 20 nitrogen and oxygen atoms in total. The second kappa shape index (κ2) is 44.8. The van der Waals surface area contributed by atoms with Crippen LogP contribution in [0, 0.1) is 35.5 Å². The smallest absolute Gasteiger partial charge is 0.303 e. The fraction of sp³-hybridized carbons (Fsp3) is 0.814. The van der Waals surface area contributed by atoms with Crippen molar-refractivity contribution >= 4 is 64.5 Å². The van der Waals surface area contributed by atoms with Gasteiger partial charge < -0.3 is 46.5 Å². The lowest BCUT2D eigenvalue weighted by Gasteiger charge is -2.27. The Hall–Kier alpha value is -4.95. The molecule has 0 spiro atoms. The fourth-order valence-corrected chi connectivity index (χ4v) is 9.23. The van der Waals surface area contributed by atoms with E-state index in [1.807, 2.05) is 13.8 Å². The topological polar surface area (TPSA) is 329 Å². The summed E-state index contributed by atoms with van der Waals surface area (Å²) >= 11 is 0. The predicted octanol–water partition coefficient (Wildman–Crippen LogP) is 7.34. The second-order valence-corrected chi connectivity index (χ2v) is 22.2. The number of primary amides is 1. The van der Waals surface area contributed by atoms with Gasteiger partial charge in [-0.05, 0) is 50.9 Å². The van der Waals surface area contributed by atoms with E-state index in [1.165, 1.54) is 71.6 Å². The number of aliphatic hydroxyl groups is 1. The Bertz CT molecular complexity index is 1860. The molecular formula is C59H102N4O16. The summed E-state index contributed by atoms with van der Waals surface area (Å²) in [4.78, 5) is 143. The van der Waals surface area contributed by atoms with Gasteiger partial charge in [-0.3, -0.25) is 52.7 Å². The van der Waals surface area contributed by atoms with Gasteiger partial charge >= 0.3 is 11.9 Å². The van der Waals surface area contributed by atoms with Crippen molar-refractivity contribution in [3.63, 3.8) is 0 Å². The zero-order valence-electron chi connectivity index (χ0n) is 49.0. The highest BCUT2D eigenvalue weighted by Crippen LogP contribution is 2.23. The van der Waals surface area contributed by atoms with E-state index in [1.54, 1.807) is 13.8 Å². The van der Waals surface area contributed by atoms with Crippen LogP contribution in [0.5, 0.6) is 0 Å². The minimum Gasteiger partial charge on any atom is -0.481 e. The number of nitrogens with one attached hydrogen (secondary N) is 3. The first kappa shape index (κ1) is 74.0. The maximum absolute atomic E-state index is 13.8. The molecule has 0 aliphatic heterocycles. The molecule has 4 amide bonds. The predicted molar refractivity (Wildman–Crippen MR) is 299 cm³/mol. The van der Waals surface area contributed by atoms with Gasteiger partial charge in [-0.2, -0.15) is 0 Å². The first-order chi connectivity index (χ1) is 37.4. The number of hydrogen-bond donors (Lipinski definition) is 7. The summed E-state index contributed by atoms with van der Waals surface area (Å²) in [5.74, 6) is -11.8. The van der Waals surface area contributed by atoms with E-state index in [0.717, 1.165) is 25.7 Å². The molecule has 0 radical (unpaired) electrons. The number of carboxylic acids is 2. The molecule has 8 N–H and O–H groups in total. The Morgan fingerprint density at radius 1 is 0.468 bits per heavy atom. The minimum atomic E-state index is -1.44. The Labute approximate surface area is 470 Å². The van der Waals surface area contributed by atoms with Gasteiger partial charge in [0.15, 0.2) is 23.1 Å². The third kappa shape index (κ3) is 36.8. The number of aliphatic hydroxyl groups excluding tert-OH is 1. The van der Waals surface area contributed by atoms with Crippen molar-refractivity contribution in [1.82, 2.24) is 16.0 Å². The summed E-state index contributed by atoms with van der Waals surface area (Å²) < 4.78 is 10.3. The summed E-state index contributed by atoms with van der Waals surface area (Å²) in [6.07, 6.45) is 14.6. The van der Waals surface area contributed by atoms with Gasteiger partial charge in [0.1, 0.15) is 12.4 Å². The summed E-state index contributed by atoms with van der Waals surface area (Å²) in [5.41, 5.74) is 5.63. The van der Waals surface area contributed by atoms with Crippen molar-refractivity contribution in [2.24, 2.45) is 41.2 Å². The average Bonchev–Trinajstić information content (AvgIpc) is 3.38. The van der Waals surface area contributed by atoms with Gasteiger partial charge in [-0.15, -0.1) is 0 Å². The van der Waals surface area contributed by atoms with Crippen molar-refractivity contribution < 1.29 is 77.5 Å². The van der Waals surface area contributed by atoms with E-state index < -0.39 is 120 Å². The van der Waals surface area contributed by atoms with E-state index in [4.69, 9.17) is 20.3 Å². The number of carbonyl (C=O) groups excluding carboxylic acids is 9. The molecule has 0 heterocycles. The van der Waals surface area contributed by atoms with Gasteiger partial charge in [0.2, 0.25) is 23.6 Å². The third-order valence-electron chi connectivity index (χ3n) is 14.4. The molecule has 20 heteroatoms. The normalized spacial score (nSPS) is 14.1. The molecule has 0 aromatic carbocycles. The average molecular weight is 1120 g/mol. The monoisotopic (exact) mass is 1120 g/mol. The Balaban J connectivity index is 5.49. The Morgan fingerprint density at radius 2 is 0.987 bits per heavy atom. The third-order valence-corrected chi connectivity index (χ3v) is 14.4. The lowest BCUT2D eigenvalue weighted by atomic mass is 9.87. The molecule has 0 rings (SSSR count). The van der Waals surface area contributed by atoms with E-state index in [-0.39, 0.29) is 95.0 Å². The van der Waals surface area contributed by atoms with Crippen molar-refractivity contribution in [2.45, 2.75) is 240 Å². The molecule has 0 saturated heterocycles. The van der Waals surface area contributed by atoms with Crippen LogP contribution in [-0.4, -0.2) is 131 Å². The highest BCUT2D eigenvalue weighted by Gasteiger charge is 2.34. The highest BCUT2D eigenvalue weighted by atomic mass is 16.5. The number of hydrogen-bond acceptors (Lipinski definition) is 14. The molecule has 454 valence electrons. The zero-order valence-corrected chi connectivity index (χ0v) is 49.0. The van der Waals surface area contributed by atoms with Gasteiger partial charge in [0, 0.05) is 75.0 Å². The van der Waals surface area contributed by atoms with Crippen molar-refractivity contribution in [1.29, 1.82) is 0 Å². The summed E-state index contributed by atoms with van der Waals surface area (Å²) in [7, 11) is 0. The fourth-order valence-electron chi connectivity index (χ4n) is 9.23. The van der Waals surface area contributed by atoms with E-state index in [9.17, 15) is 63.0 Å². The number of unbranched alkanes of at least 4 members (excludes halogenated alkanes) is 14. The number of carbonyl (C=O) groups is 11. The number of ketones is 5. The standard InChI is InChI=1S/C59H102N4O16/c1-8-9-10-11-12-13-14-15-16-17-18-19-22-25-46(65)38-48(40(2)3)59(77)63-55(41(4)5)52(69)35-42(6)57(75)61-43(7)50(67)37-45(27-29-53(70)71)58(76)62-49(28-30-54(72)73)51(68)36-44(56(60)74)24-21-20-23-26-47(66)39-79-34-33-78-32-31-64/h40-45,48-49,55,64H,8-39H2,1-7H3,(H2,60,74)(H,61,75)(H,62,76)(H,63,77)(H,70,71)(H,72,73)/t42-,43+,44-,45-,48+,49+,55+/m1/s1. The number of rotatable bonds is 53. The van der Waals surface area contributed by atoms with Crippen LogP contribution in [0.2, 0.25) is 0 Å². The summed E-state index contributed by atoms with van der Waals surface area (Å²) in [5, 5.41) is 35.5. The molecule has 0 aromatic heterocycles. The van der Waals surface area contributed by atoms with Crippen LogP contribution in [0.1, 0.15) is 222 Å². The number of ether oxygens (including phenoxy) is 2.